The molecule has 0 spiro atoms. The zero-order valence-electron chi connectivity index (χ0n) is 14.6. The van der Waals surface area contributed by atoms with Crippen LogP contribution in [0.15, 0.2) is 0 Å². The Hall–Kier alpha value is -0.810. The first kappa shape index (κ1) is 17.5. The van der Waals surface area contributed by atoms with E-state index in [4.69, 9.17) is 9.47 Å². The minimum absolute atomic E-state index is 0.0557. The number of nitrogens with zero attached hydrogens (tertiary/aromatic N) is 1. The van der Waals surface area contributed by atoms with Crippen LogP contribution < -0.4 is 5.32 Å². The molecule has 1 N–H and O–H groups in total. The highest BCUT2D eigenvalue weighted by Crippen LogP contribution is 2.34. The lowest BCUT2D eigenvalue weighted by atomic mass is 9.90. The summed E-state index contributed by atoms with van der Waals surface area (Å²) < 4.78 is 11.5. The summed E-state index contributed by atoms with van der Waals surface area (Å²) in [6.45, 7) is 12.3. The van der Waals surface area contributed by atoms with Crippen LogP contribution in [0.1, 0.15) is 53.4 Å². The normalized spacial score (nSPS) is 25.3. The van der Waals surface area contributed by atoms with Gasteiger partial charge >= 0.3 is 6.03 Å². The molecule has 0 radical (unpaired) electrons. The molecule has 2 aliphatic rings. The average Bonchev–Trinajstić information content (AvgIpc) is 2.91. The fraction of sp³-hybridized carbons (Fsp3) is 0.941. The lowest BCUT2D eigenvalue weighted by Crippen LogP contribution is -2.51. The molecule has 5 heteroatoms. The van der Waals surface area contributed by atoms with Crippen molar-refractivity contribution in [3.63, 3.8) is 0 Å². The van der Waals surface area contributed by atoms with Crippen molar-refractivity contribution in [2.24, 2.45) is 11.3 Å². The van der Waals surface area contributed by atoms with Gasteiger partial charge in [0.05, 0.1) is 13.2 Å². The van der Waals surface area contributed by atoms with Gasteiger partial charge in [0, 0.05) is 25.6 Å². The van der Waals surface area contributed by atoms with Crippen molar-refractivity contribution < 1.29 is 14.3 Å². The molecule has 0 aromatic heterocycles. The predicted molar refractivity (Wildman–Crippen MR) is 86.7 cm³/mol. The fourth-order valence-corrected chi connectivity index (χ4v) is 3.28. The zero-order chi connectivity index (χ0) is 16.2. The maximum Gasteiger partial charge on any atom is 0.317 e. The number of hydrogen-bond donors (Lipinski definition) is 1. The highest BCUT2D eigenvalue weighted by atomic mass is 16.7. The van der Waals surface area contributed by atoms with Gasteiger partial charge in [0.1, 0.15) is 0 Å². The maximum absolute atomic E-state index is 12.3. The van der Waals surface area contributed by atoms with Gasteiger partial charge in [-0.15, -0.1) is 0 Å². The Balaban J connectivity index is 1.75. The number of carbonyl (C=O) groups excluding carboxylic acids is 1. The van der Waals surface area contributed by atoms with Gasteiger partial charge in [-0.05, 0) is 38.0 Å². The topological polar surface area (TPSA) is 50.8 Å². The van der Waals surface area contributed by atoms with Gasteiger partial charge in [-0.1, -0.05) is 20.8 Å². The number of ether oxygens (including phenoxy) is 2. The summed E-state index contributed by atoms with van der Waals surface area (Å²) in [7, 11) is 0. The largest absolute Gasteiger partial charge is 0.347 e. The molecule has 2 amide bonds. The highest BCUT2D eigenvalue weighted by Gasteiger charge is 2.42. The summed E-state index contributed by atoms with van der Waals surface area (Å²) in [4.78, 5) is 14.2. The van der Waals surface area contributed by atoms with Gasteiger partial charge in [-0.25, -0.2) is 4.79 Å². The Bertz CT molecular complexity index is 373. The third kappa shape index (κ3) is 4.85. The minimum Gasteiger partial charge on any atom is -0.347 e. The van der Waals surface area contributed by atoms with E-state index in [0.717, 1.165) is 45.3 Å². The SMILES string of the molecule is CC(C)(C)CCCNC(=O)N1CCC[C@H](C2(C)OCCO2)C1. The molecule has 2 fully saturated rings. The van der Waals surface area contributed by atoms with E-state index in [1.54, 1.807) is 0 Å². The van der Waals surface area contributed by atoms with E-state index in [1.165, 1.54) is 0 Å². The summed E-state index contributed by atoms with van der Waals surface area (Å²) in [6.07, 6.45) is 4.22. The molecule has 2 saturated heterocycles. The lowest BCUT2D eigenvalue weighted by molar-refractivity contribution is -0.189. The van der Waals surface area contributed by atoms with E-state index in [2.05, 4.69) is 26.1 Å². The monoisotopic (exact) mass is 312 g/mol. The first-order chi connectivity index (χ1) is 10.3. The molecule has 0 aromatic rings. The fourth-order valence-electron chi connectivity index (χ4n) is 3.28. The lowest BCUT2D eigenvalue weighted by Gasteiger charge is -2.39. The van der Waals surface area contributed by atoms with Gasteiger partial charge in [0.2, 0.25) is 0 Å². The van der Waals surface area contributed by atoms with Gasteiger partial charge in [-0.2, -0.15) is 0 Å². The molecule has 5 nitrogen and oxygen atoms in total. The van der Waals surface area contributed by atoms with Crippen molar-refractivity contribution in [3.05, 3.63) is 0 Å². The molecule has 0 aliphatic carbocycles. The van der Waals surface area contributed by atoms with Crippen molar-refractivity contribution in [1.82, 2.24) is 10.2 Å². The molecule has 0 aromatic carbocycles. The van der Waals surface area contributed by atoms with Crippen molar-refractivity contribution in [3.8, 4) is 0 Å². The number of likely N-dealkylation sites (tertiary alicyclic amines) is 1. The number of nitrogens with one attached hydrogen (secondary N) is 1. The Morgan fingerprint density at radius 1 is 1.32 bits per heavy atom. The smallest absolute Gasteiger partial charge is 0.317 e. The third-order valence-electron chi connectivity index (χ3n) is 4.69. The molecular weight excluding hydrogens is 280 g/mol. The quantitative estimate of drug-likeness (QED) is 0.812. The van der Waals surface area contributed by atoms with Gasteiger partial charge in [0.15, 0.2) is 5.79 Å². The van der Waals surface area contributed by atoms with E-state index in [9.17, 15) is 4.79 Å². The van der Waals surface area contributed by atoms with Crippen LogP contribution in [0.5, 0.6) is 0 Å². The van der Waals surface area contributed by atoms with Crippen LogP contribution >= 0.6 is 0 Å². The Kier molecular flexibility index (Phi) is 5.72. The molecule has 128 valence electrons. The van der Waals surface area contributed by atoms with Crippen LogP contribution in [0.25, 0.3) is 0 Å². The highest BCUT2D eigenvalue weighted by molar-refractivity contribution is 5.74. The van der Waals surface area contributed by atoms with Crippen LogP contribution in [-0.2, 0) is 9.47 Å². The molecule has 0 unspecified atom stereocenters. The molecule has 0 bridgehead atoms. The standard InChI is InChI=1S/C17H32N2O3/c1-16(2,3)8-6-9-18-15(20)19-10-5-7-14(13-19)17(4)21-11-12-22-17/h14H,5-13H2,1-4H3,(H,18,20)/t14-/m0/s1. The van der Waals surface area contributed by atoms with Crippen molar-refractivity contribution in [2.75, 3.05) is 32.8 Å². The number of piperidine rings is 1. The Morgan fingerprint density at radius 3 is 2.64 bits per heavy atom. The van der Waals surface area contributed by atoms with Crippen LogP contribution in [0.2, 0.25) is 0 Å². The zero-order valence-corrected chi connectivity index (χ0v) is 14.6. The van der Waals surface area contributed by atoms with Crippen LogP contribution in [-0.4, -0.2) is 49.6 Å². The summed E-state index contributed by atoms with van der Waals surface area (Å²) in [6, 6.07) is 0.0557. The molecule has 2 aliphatic heterocycles. The Morgan fingerprint density at radius 2 is 2.00 bits per heavy atom. The van der Waals surface area contributed by atoms with Gasteiger partial charge in [-0.3, -0.25) is 0 Å². The Labute approximate surface area is 134 Å². The molecular formula is C17H32N2O3. The van der Waals surface area contributed by atoms with Gasteiger partial charge in [0.25, 0.3) is 0 Å². The summed E-state index contributed by atoms with van der Waals surface area (Å²) in [5.41, 5.74) is 0.326. The summed E-state index contributed by atoms with van der Waals surface area (Å²) >= 11 is 0. The summed E-state index contributed by atoms with van der Waals surface area (Å²) in [5.74, 6) is -0.241. The minimum atomic E-state index is -0.509. The molecule has 0 saturated carbocycles. The van der Waals surface area contributed by atoms with Crippen molar-refractivity contribution >= 4 is 6.03 Å². The molecule has 1 atom stereocenters. The second-order valence-corrected chi connectivity index (χ2v) is 7.89. The second-order valence-electron chi connectivity index (χ2n) is 7.89. The van der Waals surface area contributed by atoms with E-state index in [-0.39, 0.29) is 11.9 Å². The predicted octanol–water partition coefficient (Wildman–Crippen LogP) is 3.00. The first-order valence-corrected chi connectivity index (χ1v) is 8.61. The maximum atomic E-state index is 12.3. The number of hydrogen-bond acceptors (Lipinski definition) is 3. The molecule has 2 rings (SSSR count). The van der Waals surface area contributed by atoms with E-state index < -0.39 is 5.79 Å². The van der Waals surface area contributed by atoms with E-state index in [1.807, 2.05) is 11.8 Å². The van der Waals surface area contributed by atoms with Gasteiger partial charge < -0.3 is 19.7 Å². The van der Waals surface area contributed by atoms with E-state index >= 15 is 0 Å². The van der Waals surface area contributed by atoms with Crippen molar-refractivity contribution in [2.45, 2.75) is 59.2 Å². The summed E-state index contributed by atoms with van der Waals surface area (Å²) in [5, 5.41) is 3.05. The number of carbonyl (C=O) groups is 1. The van der Waals surface area contributed by atoms with Crippen LogP contribution in [0, 0.1) is 11.3 Å². The third-order valence-corrected chi connectivity index (χ3v) is 4.69. The second kappa shape index (κ2) is 7.18. The van der Waals surface area contributed by atoms with Crippen LogP contribution in [0.3, 0.4) is 0 Å². The number of urea groups is 1. The molecule has 22 heavy (non-hydrogen) atoms. The molecule has 2 heterocycles. The first-order valence-electron chi connectivity index (χ1n) is 8.61. The number of amides is 2. The average molecular weight is 312 g/mol. The van der Waals surface area contributed by atoms with Crippen molar-refractivity contribution in [1.29, 1.82) is 0 Å². The number of rotatable bonds is 4. The van der Waals surface area contributed by atoms with Crippen LogP contribution in [0.4, 0.5) is 4.79 Å². The van der Waals surface area contributed by atoms with E-state index in [0.29, 0.717) is 18.6 Å².